The normalized spacial score (nSPS) is 17.0. The lowest BCUT2D eigenvalue weighted by Crippen LogP contribution is -2.20. The number of nitrogens with two attached hydrogens (primary N) is 1. The summed E-state index contributed by atoms with van der Waals surface area (Å²) in [4.78, 5) is 15.7. The van der Waals surface area contributed by atoms with E-state index >= 15 is 4.39 Å². The molecule has 0 aliphatic heterocycles. The summed E-state index contributed by atoms with van der Waals surface area (Å²) in [6.45, 7) is 0. The molecule has 2 aromatic carbocycles. The highest BCUT2D eigenvalue weighted by Crippen LogP contribution is 2.39. The number of hydrogen-bond donors (Lipinski definition) is 3. The highest BCUT2D eigenvalue weighted by Gasteiger charge is 2.31. The minimum atomic E-state index is -3.81. The van der Waals surface area contributed by atoms with E-state index in [4.69, 9.17) is 15.0 Å². The lowest BCUT2D eigenvalue weighted by atomic mass is 9.96. The third kappa shape index (κ3) is 6.10. The molecule has 6 rings (SSSR count). The van der Waals surface area contributed by atoms with Crippen LogP contribution in [0.2, 0.25) is 0 Å². The Morgan fingerprint density at radius 3 is 2.61 bits per heavy atom. The fourth-order valence-electron chi connectivity index (χ4n) is 5.29. The number of carboxylic acids is 1. The first kappa shape index (κ1) is 27.7. The fraction of sp³-hybridized carbons (Fsp3) is 0.345. The molecule has 9 nitrogen and oxygen atoms in total. The molecular weight excluding hydrogens is 567 g/mol. The van der Waals surface area contributed by atoms with Crippen molar-refractivity contribution in [3.63, 3.8) is 0 Å². The number of aromatic nitrogens is 3. The van der Waals surface area contributed by atoms with Gasteiger partial charge in [-0.05, 0) is 78.8 Å². The Bertz CT molecular complexity index is 1650. The van der Waals surface area contributed by atoms with Crippen LogP contribution in [-0.2, 0) is 27.5 Å². The first-order valence-electron chi connectivity index (χ1n) is 13.6. The molecule has 12 heteroatoms. The van der Waals surface area contributed by atoms with Crippen molar-refractivity contribution in [3.8, 4) is 22.1 Å². The fourth-order valence-corrected chi connectivity index (χ4v) is 6.59. The van der Waals surface area contributed by atoms with Gasteiger partial charge in [0.05, 0.1) is 17.5 Å². The van der Waals surface area contributed by atoms with Gasteiger partial charge in [0.25, 0.3) is 0 Å². The van der Waals surface area contributed by atoms with Gasteiger partial charge in [-0.25, -0.2) is 18.9 Å². The lowest BCUT2D eigenvalue weighted by molar-refractivity contribution is 0.0691. The van der Waals surface area contributed by atoms with Crippen LogP contribution in [0.1, 0.15) is 65.8 Å². The smallest absolute Gasteiger partial charge is 0.355 e. The molecule has 0 saturated heterocycles. The van der Waals surface area contributed by atoms with Crippen molar-refractivity contribution >= 4 is 27.7 Å². The average Bonchev–Trinajstić information content (AvgIpc) is 3.28. The molecular formula is C29H30FN4O5S2+. The maximum Gasteiger partial charge on any atom is 0.355 e. The predicted molar refractivity (Wildman–Crippen MR) is 153 cm³/mol. The first-order valence-corrected chi connectivity index (χ1v) is 16.0. The van der Waals surface area contributed by atoms with E-state index in [1.54, 1.807) is 4.68 Å². The molecule has 0 radical (unpaired) electrons. The first-order chi connectivity index (χ1) is 19.7. The Morgan fingerprint density at radius 1 is 1.17 bits per heavy atom. The molecule has 0 spiro atoms. The van der Waals surface area contributed by atoms with Gasteiger partial charge in [-0.3, -0.25) is 0 Å². The second-order valence-corrected chi connectivity index (χ2v) is 13.1. The van der Waals surface area contributed by atoms with Gasteiger partial charge in [-0.2, -0.15) is 9.65 Å². The second-order valence-electron chi connectivity index (χ2n) is 10.7. The molecule has 2 heterocycles. The monoisotopic (exact) mass is 597 g/mol. The summed E-state index contributed by atoms with van der Waals surface area (Å²) in [6, 6.07) is 11.5. The Labute approximate surface area is 241 Å². The van der Waals surface area contributed by atoms with Crippen molar-refractivity contribution in [2.75, 3.05) is 0 Å². The van der Waals surface area contributed by atoms with E-state index < -0.39 is 22.2 Å². The van der Waals surface area contributed by atoms with Gasteiger partial charge in [0.1, 0.15) is 11.6 Å². The molecule has 2 aliphatic carbocycles. The average molecular weight is 598 g/mol. The molecule has 2 aromatic heterocycles. The molecule has 2 aliphatic rings. The van der Waals surface area contributed by atoms with Crippen LogP contribution in [0.15, 0.2) is 52.7 Å². The van der Waals surface area contributed by atoms with E-state index in [-0.39, 0.29) is 23.1 Å². The van der Waals surface area contributed by atoms with E-state index in [1.807, 2.05) is 24.3 Å². The zero-order valence-electron chi connectivity index (χ0n) is 22.2. The zero-order chi connectivity index (χ0) is 28.7. The molecule has 214 valence electrons. The number of carboxylic acid groups (broad SMARTS) is 1. The van der Waals surface area contributed by atoms with Crippen LogP contribution in [0.3, 0.4) is 0 Å². The van der Waals surface area contributed by atoms with Crippen molar-refractivity contribution in [1.29, 1.82) is 0 Å². The van der Waals surface area contributed by atoms with Gasteiger partial charge in [-0.1, -0.05) is 18.2 Å². The molecule has 0 amide bonds. The molecule has 2 saturated carbocycles. The predicted octanol–water partition coefficient (Wildman–Crippen LogP) is 5.90. The number of halogens is 1. The molecule has 4 aromatic rings. The zero-order valence-corrected chi connectivity index (χ0v) is 23.8. The van der Waals surface area contributed by atoms with Crippen molar-refractivity contribution in [2.45, 2.75) is 62.4 Å². The van der Waals surface area contributed by atoms with Crippen molar-refractivity contribution < 1.29 is 27.8 Å². The minimum Gasteiger partial charge on any atom is -0.490 e. The molecule has 1 unspecified atom stereocenters. The highest BCUT2D eigenvalue weighted by molar-refractivity contribution is 7.95. The third-order valence-corrected chi connectivity index (χ3v) is 9.35. The van der Waals surface area contributed by atoms with Crippen LogP contribution in [0.25, 0.3) is 16.4 Å². The largest absolute Gasteiger partial charge is 0.490 e. The standard InChI is InChI=1S/C29H29FN4O5S2/c30-24-15-22(41(31,37)38)11-10-18(24)14-23-26(12-17-8-9-17)34(29-32-25(16-40-29)28(35)36)33-27(23)19-4-3-7-21(13-19)39-20-5-1-2-6-20/h3-4,7,10-11,13,15-17,20H,1-2,5-6,8-9,12,14H2,(H3-,31,35,36,37,38)/p+1. The lowest BCUT2D eigenvalue weighted by Gasteiger charge is -2.14. The number of rotatable bonds is 10. The second kappa shape index (κ2) is 11.1. The summed E-state index contributed by atoms with van der Waals surface area (Å²) in [5.41, 5.74) is 3.29. The number of hydrogen-bond acceptors (Lipinski definition) is 6. The summed E-state index contributed by atoms with van der Waals surface area (Å²) in [6.07, 6.45) is 7.47. The van der Waals surface area contributed by atoms with Crippen LogP contribution in [-0.4, -0.2) is 36.5 Å². The Kier molecular flexibility index (Phi) is 7.49. The quantitative estimate of drug-likeness (QED) is 0.193. The van der Waals surface area contributed by atoms with Crippen molar-refractivity contribution in [2.24, 2.45) is 11.1 Å². The maximum atomic E-state index is 15.3. The summed E-state index contributed by atoms with van der Waals surface area (Å²) >= 11 is 1.18. The van der Waals surface area contributed by atoms with E-state index in [1.165, 1.54) is 28.8 Å². The van der Waals surface area contributed by atoms with Crippen LogP contribution in [0, 0.1) is 11.7 Å². The van der Waals surface area contributed by atoms with Gasteiger partial charge in [-0.15, -0.1) is 16.5 Å². The van der Waals surface area contributed by atoms with Gasteiger partial charge >= 0.3 is 16.4 Å². The van der Waals surface area contributed by atoms with Crippen LogP contribution < -0.4 is 9.88 Å². The molecule has 1 atom stereocenters. The third-order valence-electron chi connectivity index (χ3n) is 7.60. The van der Waals surface area contributed by atoms with Gasteiger partial charge in [0, 0.05) is 29.0 Å². The molecule has 41 heavy (non-hydrogen) atoms. The minimum absolute atomic E-state index is 0.0658. The Morgan fingerprint density at radius 2 is 1.95 bits per heavy atom. The van der Waals surface area contributed by atoms with E-state index in [2.05, 4.69) is 4.98 Å². The van der Waals surface area contributed by atoms with E-state index in [0.717, 1.165) is 67.2 Å². The highest BCUT2D eigenvalue weighted by atomic mass is 32.3. The van der Waals surface area contributed by atoms with Crippen LogP contribution in [0.4, 0.5) is 4.39 Å². The number of ether oxygens (including phenoxy) is 1. The topological polar surface area (TPSA) is 141 Å². The maximum absolute atomic E-state index is 15.3. The van der Waals surface area contributed by atoms with Crippen molar-refractivity contribution in [3.05, 3.63) is 76.2 Å². The Balaban J connectivity index is 1.47. The van der Waals surface area contributed by atoms with Crippen LogP contribution >= 0.6 is 11.3 Å². The number of nitrogens with zero attached hydrogens (tertiary/aromatic N) is 3. The van der Waals surface area contributed by atoms with Crippen LogP contribution in [0.5, 0.6) is 5.75 Å². The number of aromatic carboxylic acids is 1. The summed E-state index contributed by atoms with van der Waals surface area (Å²) < 4.78 is 44.8. The van der Waals surface area contributed by atoms with E-state index in [9.17, 15) is 18.7 Å². The van der Waals surface area contributed by atoms with Gasteiger partial charge in [0.15, 0.2) is 5.69 Å². The SMILES string of the molecule is N[S+](=O)(O)c1ccc(Cc2c(-c3cccc(OC4CCCC4)c3)nn(-c3nc(C(=O)O)cs3)c2CC2CC2)c(F)c1. The summed E-state index contributed by atoms with van der Waals surface area (Å²) in [7, 11) is -3.81. The molecule has 0 bridgehead atoms. The van der Waals surface area contributed by atoms with Crippen molar-refractivity contribution in [1.82, 2.24) is 14.8 Å². The summed E-state index contributed by atoms with van der Waals surface area (Å²) in [5.74, 6) is -0.594. The number of benzene rings is 2. The van der Waals surface area contributed by atoms with Gasteiger partial charge in [0.2, 0.25) is 10.0 Å². The summed E-state index contributed by atoms with van der Waals surface area (Å²) in [5, 5.41) is 21.6. The molecule has 4 N–H and O–H groups in total. The van der Waals surface area contributed by atoms with E-state index in [0.29, 0.717) is 28.7 Å². The number of thiazole rings is 1. The molecule has 2 fully saturated rings. The van der Waals surface area contributed by atoms with Gasteiger partial charge < -0.3 is 9.84 Å². The Hall–Kier alpha value is -3.45. The number of carbonyl (C=O) groups is 1.